The first-order chi connectivity index (χ1) is 13.0. The molecule has 1 aliphatic rings. The summed E-state index contributed by atoms with van der Waals surface area (Å²) in [7, 11) is 0. The third kappa shape index (κ3) is 3.30. The van der Waals surface area contributed by atoms with E-state index in [1.807, 2.05) is 44.2 Å². The maximum atomic E-state index is 12.7. The van der Waals surface area contributed by atoms with Crippen LogP contribution in [-0.2, 0) is 0 Å². The molecule has 136 valence electrons. The van der Waals surface area contributed by atoms with E-state index < -0.39 is 0 Å². The van der Waals surface area contributed by atoms with Crippen molar-refractivity contribution in [2.75, 3.05) is 5.32 Å². The minimum atomic E-state index is -0.323. The molecule has 1 N–H and O–H groups in total. The molecule has 0 unspecified atom stereocenters. The molecule has 7 heteroatoms. The van der Waals surface area contributed by atoms with Gasteiger partial charge < -0.3 is 5.32 Å². The molecule has 0 saturated carbocycles. The van der Waals surface area contributed by atoms with Gasteiger partial charge in [-0.1, -0.05) is 45.4 Å². The van der Waals surface area contributed by atoms with Gasteiger partial charge in [-0.2, -0.15) is 0 Å². The molecule has 0 radical (unpaired) electrons. The van der Waals surface area contributed by atoms with E-state index in [0.29, 0.717) is 11.5 Å². The number of nitrogens with one attached hydrogen (secondary N) is 1. The number of halogens is 1. The van der Waals surface area contributed by atoms with Crippen LogP contribution in [0.1, 0.15) is 34.6 Å². The molecular formula is C20H18BrN5O. The SMILES string of the molecule is Cc1ccccc1-n1nnc(C(=O)Nc2ccc3c(n2)=C(Br)CCC=3)c1C. The van der Waals surface area contributed by atoms with Crippen molar-refractivity contribution < 1.29 is 4.79 Å². The third-order valence-electron chi connectivity index (χ3n) is 4.61. The minimum absolute atomic E-state index is 0.285. The molecule has 1 aromatic carbocycles. The molecule has 0 spiro atoms. The second-order valence-electron chi connectivity index (χ2n) is 6.46. The van der Waals surface area contributed by atoms with E-state index in [4.69, 9.17) is 0 Å². The first-order valence-corrected chi connectivity index (χ1v) is 9.49. The molecule has 6 nitrogen and oxygen atoms in total. The van der Waals surface area contributed by atoms with Crippen molar-refractivity contribution in [3.05, 3.63) is 63.9 Å². The Bertz CT molecular complexity index is 1170. The van der Waals surface area contributed by atoms with Crippen molar-refractivity contribution in [2.45, 2.75) is 26.7 Å². The summed E-state index contributed by atoms with van der Waals surface area (Å²) in [6.45, 7) is 3.83. The van der Waals surface area contributed by atoms with Crippen molar-refractivity contribution >= 4 is 38.2 Å². The number of anilines is 1. The number of hydrogen-bond donors (Lipinski definition) is 1. The van der Waals surface area contributed by atoms with E-state index in [-0.39, 0.29) is 11.6 Å². The van der Waals surface area contributed by atoms with Crippen LogP contribution in [-0.4, -0.2) is 25.9 Å². The van der Waals surface area contributed by atoms with Crippen LogP contribution in [0.2, 0.25) is 0 Å². The van der Waals surface area contributed by atoms with Gasteiger partial charge in [0, 0.05) is 4.48 Å². The first kappa shape index (κ1) is 17.6. The van der Waals surface area contributed by atoms with Gasteiger partial charge in [-0.25, -0.2) is 9.67 Å². The Hall–Kier alpha value is -2.80. The number of aromatic nitrogens is 4. The summed E-state index contributed by atoms with van der Waals surface area (Å²) in [5, 5.41) is 13.0. The maximum absolute atomic E-state index is 12.7. The van der Waals surface area contributed by atoms with E-state index in [0.717, 1.165) is 39.1 Å². The fourth-order valence-electron chi connectivity index (χ4n) is 3.14. The van der Waals surface area contributed by atoms with Gasteiger partial charge in [0.05, 0.1) is 16.7 Å². The Balaban J connectivity index is 1.65. The van der Waals surface area contributed by atoms with Crippen LogP contribution in [0.5, 0.6) is 0 Å². The zero-order valence-corrected chi connectivity index (χ0v) is 16.6. The maximum Gasteiger partial charge on any atom is 0.279 e. The average Bonchev–Trinajstić information content (AvgIpc) is 3.04. The second kappa shape index (κ2) is 7.08. The zero-order valence-electron chi connectivity index (χ0n) is 15.0. The van der Waals surface area contributed by atoms with Crippen molar-refractivity contribution in [1.82, 2.24) is 20.0 Å². The number of benzene rings is 1. The zero-order chi connectivity index (χ0) is 19.0. The summed E-state index contributed by atoms with van der Waals surface area (Å²) in [4.78, 5) is 17.3. The largest absolute Gasteiger partial charge is 0.305 e. The summed E-state index contributed by atoms with van der Waals surface area (Å²) >= 11 is 3.58. The summed E-state index contributed by atoms with van der Waals surface area (Å²) in [5.74, 6) is 0.173. The minimum Gasteiger partial charge on any atom is -0.305 e. The molecule has 3 aromatic rings. The number of para-hydroxylation sites is 1. The second-order valence-corrected chi connectivity index (χ2v) is 7.42. The van der Waals surface area contributed by atoms with E-state index in [9.17, 15) is 4.79 Å². The molecule has 0 fully saturated rings. The van der Waals surface area contributed by atoms with Gasteiger partial charge in [-0.05, 0) is 55.7 Å². The highest BCUT2D eigenvalue weighted by Crippen LogP contribution is 2.17. The Kier molecular flexibility index (Phi) is 4.61. The predicted octanol–water partition coefficient (Wildman–Crippen LogP) is 2.61. The molecule has 27 heavy (non-hydrogen) atoms. The van der Waals surface area contributed by atoms with E-state index >= 15 is 0 Å². The van der Waals surface area contributed by atoms with Gasteiger partial charge in [0.2, 0.25) is 0 Å². The van der Waals surface area contributed by atoms with Crippen LogP contribution < -0.4 is 15.9 Å². The van der Waals surface area contributed by atoms with Crippen molar-refractivity contribution in [2.24, 2.45) is 0 Å². The number of pyridine rings is 1. The van der Waals surface area contributed by atoms with Crippen molar-refractivity contribution in [3.8, 4) is 5.69 Å². The lowest BCUT2D eigenvalue weighted by molar-refractivity contribution is 0.102. The van der Waals surface area contributed by atoms with Gasteiger partial charge in [-0.3, -0.25) is 4.79 Å². The molecule has 2 aromatic heterocycles. The molecule has 0 aliphatic heterocycles. The fraction of sp³-hybridized carbons (Fsp3) is 0.200. The number of aryl methyl sites for hydroxylation is 1. The lowest BCUT2D eigenvalue weighted by Gasteiger charge is -2.08. The van der Waals surface area contributed by atoms with Gasteiger partial charge >= 0.3 is 0 Å². The lowest BCUT2D eigenvalue weighted by Crippen LogP contribution is -2.32. The Labute approximate surface area is 164 Å². The van der Waals surface area contributed by atoms with Crippen LogP contribution in [0, 0.1) is 13.8 Å². The topological polar surface area (TPSA) is 72.7 Å². The van der Waals surface area contributed by atoms with Gasteiger partial charge in [0.1, 0.15) is 5.82 Å². The first-order valence-electron chi connectivity index (χ1n) is 8.70. The average molecular weight is 424 g/mol. The van der Waals surface area contributed by atoms with Crippen LogP contribution in [0.3, 0.4) is 0 Å². The fourth-order valence-corrected chi connectivity index (χ4v) is 3.69. The quantitative estimate of drug-likeness (QED) is 0.702. The Morgan fingerprint density at radius 3 is 2.81 bits per heavy atom. The molecule has 4 rings (SSSR count). The number of rotatable bonds is 3. The standard InChI is InChI=1S/C20H18BrN5O/c1-12-6-3-4-9-16(12)26-13(2)18(24-25-26)20(27)23-17-11-10-14-7-5-8-15(21)19(14)22-17/h3-4,6-7,9-11H,5,8H2,1-2H3,(H,22,23,27). The third-order valence-corrected chi connectivity index (χ3v) is 5.38. The van der Waals surface area contributed by atoms with Crippen LogP contribution in [0.4, 0.5) is 5.82 Å². The Morgan fingerprint density at radius 2 is 2.00 bits per heavy atom. The van der Waals surface area contributed by atoms with E-state index in [2.05, 4.69) is 42.6 Å². The van der Waals surface area contributed by atoms with Gasteiger partial charge in [0.15, 0.2) is 5.69 Å². The molecule has 0 atom stereocenters. The highest BCUT2D eigenvalue weighted by atomic mass is 79.9. The van der Waals surface area contributed by atoms with Gasteiger partial charge in [0.25, 0.3) is 5.91 Å². The Morgan fingerprint density at radius 1 is 1.19 bits per heavy atom. The molecule has 1 aliphatic carbocycles. The summed E-state index contributed by atoms with van der Waals surface area (Å²) in [6, 6.07) is 11.6. The van der Waals surface area contributed by atoms with E-state index in [1.54, 1.807) is 10.7 Å². The molecule has 1 amide bonds. The number of fused-ring (bicyclic) bond motifs is 1. The van der Waals surface area contributed by atoms with Crippen LogP contribution in [0.25, 0.3) is 16.2 Å². The number of carbonyl (C=O) groups is 1. The number of hydrogen-bond acceptors (Lipinski definition) is 4. The number of nitrogens with zero attached hydrogens (tertiary/aromatic N) is 4. The lowest BCUT2D eigenvalue weighted by atomic mass is 10.1. The predicted molar refractivity (Wildman–Crippen MR) is 108 cm³/mol. The summed E-state index contributed by atoms with van der Waals surface area (Å²) < 4.78 is 2.74. The monoisotopic (exact) mass is 423 g/mol. The number of amides is 1. The van der Waals surface area contributed by atoms with Gasteiger partial charge in [-0.15, -0.1) is 5.10 Å². The summed E-state index contributed by atoms with van der Waals surface area (Å²) in [5.41, 5.74) is 2.93. The molecule has 2 heterocycles. The smallest absolute Gasteiger partial charge is 0.279 e. The molecule has 0 saturated heterocycles. The number of carbonyl (C=O) groups excluding carboxylic acids is 1. The highest BCUT2D eigenvalue weighted by Gasteiger charge is 2.18. The normalized spacial score (nSPS) is 13.1. The van der Waals surface area contributed by atoms with Crippen LogP contribution >= 0.6 is 15.9 Å². The molecule has 0 bridgehead atoms. The van der Waals surface area contributed by atoms with Crippen molar-refractivity contribution in [3.63, 3.8) is 0 Å². The summed E-state index contributed by atoms with van der Waals surface area (Å²) in [6.07, 6.45) is 4.06. The highest BCUT2D eigenvalue weighted by molar-refractivity contribution is 9.14. The van der Waals surface area contributed by atoms with E-state index in [1.165, 1.54) is 0 Å². The van der Waals surface area contributed by atoms with Crippen molar-refractivity contribution in [1.29, 1.82) is 0 Å². The molecular weight excluding hydrogens is 406 g/mol. The van der Waals surface area contributed by atoms with Crippen LogP contribution in [0.15, 0.2) is 36.4 Å².